The summed E-state index contributed by atoms with van der Waals surface area (Å²) in [5.74, 6) is 0.000834. The largest absolute Gasteiger partial charge is 0.493 e. The molecular weight excluding hydrogens is 458 g/mol. The number of aromatic carboxylic acids is 1. The number of methoxy groups -OCH3 is 2. The van der Waals surface area contributed by atoms with E-state index in [0.717, 1.165) is 22.2 Å². The van der Waals surface area contributed by atoms with Gasteiger partial charge in [-0.05, 0) is 59.5 Å². The SMILES string of the molecule is COc1ccc(C(=O)Nc2ccc(C(C)(C)CN)cc2)cc1OC.O=C(O)c1ccc2cc[nH]c2c1. The molecule has 1 heterocycles. The zero-order chi connectivity index (χ0) is 26.3. The quantitative estimate of drug-likeness (QED) is 0.287. The molecule has 0 bridgehead atoms. The number of ether oxygens (including phenoxy) is 2. The van der Waals surface area contributed by atoms with E-state index < -0.39 is 5.97 Å². The molecule has 4 aromatic rings. The van der Waals surface area contributed by atoms with Gasteiger partial charge in [-0.1, -0.05) is 32.0 Å². The molecule has 4 rings (SSSR count). The summed E-state index contributed by atoms with van der Waals surface area (Å²) in [7, 11) is 3.10. The van der Waals surface area contributed by atoms with Crippen molar-refractivity contribution in [3.8, 4) is 11.5 Å². The van der Waals surface area contributed by atoms with Gasteiger partial charge < -0.3 is 30.6 Å². The van der Waals surface area contributed by atoms with Crippen molar-refractivity contribution in [2.24, 2.45) is 5.73 Å². The van der Waals surface area contributed by atoms with Crippen molar-refractivity contribution in [2.75, 3.05) is 26.1 Å². The maximum Gasteiger partial charge on any atom is 0.335 e. The van der Waals surface area contributed by atoms with Crippen molar-refractivity contribution >= 4 is 28.5 Å². The van der Waals surface area contributed by atoms with Crippen LogP contribution in [-0.2, 0) is 5.41 Å². The highest BCUT2D eigenvalue weighted by Crippen LogP contribution is 2.28. The fraction of sp³-hybridized carbons (Fsp3) is 0.214. The molecule has 1 aromatic heterocycles. The van der Waals surface area contributed by atoms with Crippen molar-refractivity contribution in [3.05, 3.63) is 89.6 Å². The standard InChI is InChI=1S/C19H24N2O3.C9H7NO2/c1-19(2,12-20)14-6-8-15(9-7-14)21-18(22)13-5-10-16(23-3)17(11-13)24-4;11-9(12)7-2-1-6-3-4-10-8(6)5-7/h5-11H,12,20H2,1-4H3,(H,21,22);1-5,10H,(H,11,12). The van der Waals surface area contributed by atoms with Crippen LogP contribution in [0.1, 0.15) is 40.1 Å². The first-order chi connectivity index (χ1) is 17.2. The third-order valence-electron chi connectivity index (χ3n) is 5.88. The lowest BCUT2D eigenvalue weighted by molar-refractivity contribution is 0.0696. The third kappa shape index (κ3) is 6.22. The first kappa shape index (κ1) is 26.3. The second-order valence-corrected chi connectivity index (χ2v) is 8.77. The van der Waals surface area contributed by atoms with Crippen LogP contribution in [0.3, 0.4) is 0 Å². The Bertz CT molecular complexity index is 1340. The molecule has 188 valence electrons. The highest BCUT2D eigenvalue weighted by molar-refractivity contribution is 6.04. The van der Waals surface area contributed by atoms with E-state index in [-0.39, 0.29) is 11.3 Å². The molecule has 0 saturated heterocycles. The van der Waals surface area contributed by atoms with Crippen molar-refractivity contribution in [1.82, 2.24) is 4.98 Å². The summed E-state index contributed by atoms with van der Waals surface area (Å²) in [6.45, 7) is 4.73. The number of carboxylic acid groups (broad SMARTS) is 1. The predicted molar refractivity (Wildman–Crippen MR) is 141 cm³/mol. The number of aromatic amines is 1. The van der Waals surface area contributed by atoms with Crippen LogP contribution in [0.4, 0.5) is 5.69 Å². The molecule has 0 atom stereocenters. The zero-order valence-electron chi connectivity index (χ0n) is 20.8. The molecule has 0 fully saturated rings. The summed E-state index contributed by atoms with van der Waals surface area (Å²) in [5.41, 5.74) is 9.23. The van der Waals surface area contributed by atoms with E-state index in [1.807, 2.05) is 30.3 Å². The molecular formula is C28H31N3O5. The van der Waals surface area contributed by atoms with Crippen LogP contribution in [-0.4, -0.2) is 42.7 Å². The Morgan fingerprint density at radius 1 is 0.917 bits per heavy atom. The van der Waals surface area contributed by atoms with Gasteiger partial charge >= 0.3 is 5.97 Å². The van der Waals surface area contributed by atoms with Crippen LogP contribution in [0.5, 0.6) is 11.5 Å². The second kappa shape index (κ2) is 11.4. The van der Waals surface area contributed by atoms with Gasteiger partial charge in [0.1, 0.15) is 0 Å². The zero-order valence-corrected chi connectivity index (χ0v) is 20.8. The maximum atomic E-state index is 12.4. The highest BCUT2D eigenvalue weighted by Gasteiger charge is 2.18. The Morgan fingerprint density at radius 3 is 2.19 bits per heavy atom. The van der Waals surface area contributed by atoms with Gasteiger partial charge in [-0.15, -0.1) is 0 Å². The Kier molecular flexibility index (Phi) is 8.34. The monoisotopic (exact) mass is 489 g/mol. The fourth-order valence-corrected chi connectivity index (χ4v) is 3.48. The van der Waals surface area contributed by atoms with Gasteiger partial charge in [0.15, 0.2) is 11.5 Å². The molecule has 0 radical (unpaired) electrons. The van der Waals surface area contributed by atoms with Gasteiger partial charge in [0.05, 0.1) is 19.8 Å². The Balaban J connectivity index is 0.000000249. The van der Waals surface area contributed by atoms with Gasteiger partial charge in [0.2, 0.25) is 0 Å². The molecule has 0 saturated carbocycles. The van der Waals surface area contributed by atoms with E-state index in [2.05, 4.69) is 24.1 Å². The Morgan fingerprint density at radius 2 is 1.58 bits per heavy atom. The van der Waals surface area contributed by atoms with Gasteiger partial charge in [-0.2, -0.15) is 0 Å². The van der Waals surface area contributed by atoms with E-state index in [0.29, 0.717) is 29.2 Å². The number of aromatic nitrogens is 1. The number of carbonyl (C=O) groups is 2. The molecule has 8 heteroatoms. The number of nitrogens with two attached hydrogens (primary N) is 1. The summed E-state index contributed by atoms with van der Waals surface area (Å²) in [5, 5.41) is 12.6. The maximum absolute atomic E-state index is 12.4. The molecule has 0 aliphatic carbocycles. The average molecular weight is 490 g/mol. The van der Waals surface area contributed by atoms with Crippen molar-refractivity contribution < 1.29 is 24.2 Å². The number of carbonyl (C=O) groups excluding carboxylic acids is 1. The molecule has 0 aliphatic heterocycles. The lowest BCUT2D eigenvalue weighted by Crippen LogP contribution is -2.27. The van der Waals surface area contributed by atoms with Crippen LogP contribution >= 0.6 is 0 Å². The number of amides is 1. The molecule has 8 nitrogen and oxygen atoms in total. The summed E-state index contributed by atoms with van der Waals surface area (Å²) >= 11 is 0. The number of carboxylic acids is 1. The molecule has 0 spiro atoms. The summed E-state index contributed by atoms with van der Waals surface area (Å²) in [6, 6.07) is 19.7. The summed E-state index contributed by atoms with van der Waals surface area (Å²) in [6.07, 6.45) is 1.79. The molecule has 0 unspecified atom stereocenters. The molecule has 3 aromatic carbocycles. The van der Waals surface area contributed by atoms with E-state index in [4.69, 9.17) is 20.3 Å². The van der Waals surface area contributed by atoms with E-state index >= 15 is 0 Å². The van der Waals surface area contributed by atoms with Crippen molar-refractivity contribution in [2.45, 2.75) is 19.3 Å². The smallest absolute Gasteiger partial charge is 0.335 e. The highest BCUT2D eigenvalue weighted by atomic mass is 16.5. The minimum Gasteiger partial charge on any atom is -0.493 e. The number of hydrogen-bond acceptors (Lipinski definition) is 5. The van der Waals surface area contributed by atoms with Gasteiger partial charge in [-0.3, -0.25) is 4.79 Å². The van der Waals surface area contributed by atoms with E-state index in [1.165, 1.54) is 7.11 Å². The van der Waals surface area contributed by atoms with Crippen molar-refractivity contribution in [1.29, 1.82) is 0 Å². The lowest BCUT2D eigenvalue weighted by atomic mass is 9.85. The van der Waals surface area contributed by atoms with Crippen LogP contribution in [0.15, 0.2) is 72.9 Å². The summed E-state index contributed by atoms with van der Waals surface area (Å²) in [4.78, 5) is 25.9. The van der Waals surface area contributed by atoms with E-state index in [1.54, 1.807) is 49.7 Å². The number of fused-ring (bicyclic) bond motifs is 1. The van der Waals surface area contributed by atoms with Gasteiger partial charge in [0.25, 0.3) is 5.91 Å². The molecule has 5 N–H and O–H groups in total. The van der Waals surface area contributed by atoms with Gasteiger partial charge in [-0.25, -0.2) is 4.79 Å². The Labute approximate surface area is 210 Å². The van der Waals surface area contributed by atoms with Gasteiger partial charge in [0, 0.05) is 34.9 Å². The number of rotatable bonds is 7. The molecule has 0 aliphatic rings. The number of nitrogens with one attached hydrogen (secondary N) is 2. The fourth-order valence-electron chi connectivity index (χ4n) is 3.48. The van der Waals surface area contributed by atoms with Crippen molar-refractivity contribution in [3.63, 3.8) is 0 Å². The van der Waals surface area contributed by atoms with Crippen LogP contribution < -0.4 is 20.5 Å². The lowest BCUT2D eigenvalue weighted by Gasteiger charge is -2.23. The van der Waals surface area contributed by atoms with Crippen LogP contribution in [0, 0.1) is 0 Å². The number of hydrogen-bond donors (Lipinski definition) is 4. The minimum atomic E-state index is -0.897. The second-order valence-electron chi connectivity index (χ2n) is 8.77. The van der Waals surface area contributed by atoms with Crippen LogP contribution in [0.2, 0.25) is 0 Å². The molecule has 36 heavy (non-hydrogen) atoms. The predicted octanol–water partition coefficient (Wildman–Crippen LogP) is 5.06. The normalized spacial score (nSPS) is 10.8. The number of H-pyrrole nitrogens is 1. The average Bonchev–Trinajstić information content (AvgIpc) is 3.37. The minimum absolute atomic E-state index is 0.0914. The molecule has 1 amide bonds. The topological polar surface area (TPSA) is 127 Å². The van der Waals surface area contributed by atoms with Crippen LogP contribution in [0.25, 0.3) is 10.9 Å². The summed E-state index contributed by atoms with van der Waals surface area (Å²) < 4.78 is 10.4. The van der Waals surface area contributed by atoms with E-state index in [9.17, 15) is 9.59 Å². The first-order valence-electron chi connectivity index (χ1n) is 11.3. The third-order valence-corrected chi connectivity index (χ3v) is 5.88. The first-order valence-corrected chi connectivity index (χ1v) is 11.3. The number of benzene rings is 3. The Hall–Kier alpha value is -4.30. The number of anilines is 1.